The van der Waals surface area contributed by atoms with Gasteiger partial charge in [-0.2, -0.15) is 0 Å². The standard InChI is InChI=1S/C16H28O4/c1-3-17-9-11-19-13-15-5-7-16(8-6-15)14-20-12-10-18-4-2/h3-4,15-16H,1-2,5-14H2. The fraction of sp³-hybridized carbons (Fsp3) is 0.750. The summed E-state index contributed by atoms with van der Waals surface area (Å²) in [4.78, 5) is 0. The van der Waals surface area contributed by atoms with E-state index >= 15 is 0 Å². The van der Waals surface area contributed by atoms with Gasteiger partial charge in [0, 0.05) is 13.2 Å². The van der Waals surface area contributed by atoms with Crippen LogP contribution in [0.3, 0.4) is 0 Å². The quantitative estimate of drug-likeness (QED) is 0.407. The van der Waals surface area contributed by atoms with Crippen molar-refractivity contribution in [3.05, 3.63) is 25.7 Å². The zero-order valence-electron chi connectivity index (χ0n) is 12.4. The van der Waals surface area contributed by atoms with Gasteiger partial charge < -0.3 is 18.9 Å². The summed E-state index contributed by atoms with van der Waals surface area (Å²) < 4.78 is 21.2. The summed E-state index contributed by atoms with van der Waals surface area (Å²) in [5.41, 5.74) is 0. The van der Waals surface area contributed by atoms with E-state index in [4.69, 9.17) is 18.9 Å². The molecule has 0 aromatic rings. The van der Waals surface area contributed by atoms with Gasteiger partial charge in [-0.1, -0.05) is 13.2 Å². The van der Waals surface area contributed by atoms with E-state index in [0.29, 0.717) is 38.3 Å². The molecule has 116 valence electrons. The topological polar surface area (TPSA) is 36.9 Å². The van der Waals surface area contributed by atoms with Gasteiger partial charge in [-0.3, -0.25) is 0 Å². The van der Waals surface area contributed by atoms with Gasteiger partial charge in [-0.05, 0) is 37.5 Å². The van der Waals surface area contributed by atoms with E-state index in [1.807, 2.05) is 0 Å². The molecule has 1 fully saturated rings. The van der Waals surface area contributed by atoms with Crippen molar-refractivity contribution in [2.24, 2.45) is 11.8 Å². The molecule has 0 aliphatic heterocycles. The van der Waals surface area contributed by atoms with Crippen LogP contribution in [0.5, 0.6) is 0 Å². The highest BCUT2D eigenvalue weighted by Gasteiger charge is 2.21. The van der Waals surface area contributed by atoms with Crippen LogP contribution in [0.25, 0.3) is 0 Å². The van der Waals surface area contributed by atoms with Crippen LogP contribution in [-0.4, -0.2) is 39.6 Å². The SMILES string of the molecule is C=COCCOCC1CCC(COCCOC=C)CC1. The Bertz CT molecular complexity index is 221. The maximum Gasteiger partial charge on any atom is 0.111 e. The number of rotatable bonds is 12. The lowest BCUT2D eigenvalue weighted by Crippen LogP contribution is -2.22. The minimum atomic E-state index is 0.597. The first-order valence-electron chi connectivity index (χ1n) is 7.47. The van der Waals surface area contributed by atoms with Crippen LogP contribution in [0.15, 0.2) is 25.7 Å². The van der Waals surface area contributed by atoms with Crippen molar-refractivity contribution in [1.29, 1.82) is 0 Å². The third-order valence-corrected chi connectivity index (χ3v) is 3.60. The van der Waals surface area contributed by atoms with Crippen molar-refractivity contribution >= 4 is 0 Å². The first kappa shape index (κ1) is 17.1. The Kier molecular flexibility index (Phi) is 10.1. The van der Waals surface area contributed by atoms with Gasteiger partial charge in [0.2, 0.25) is 0 Å². The highest BCUT2D eigenvalue weighted by Crippen LogP contribution is 2.29. The Morgan fingerprint density at radius 1 is 0.700 bits per heavy atom. The van der Waals surface area contributed by atoms with Crippen LogP contribution < -0.4 is 0 Å². The maximum atomic E-state index is 5.61. The lowest BCUT2D eigenvalue weighted by atomic mass is 9.83. The monoisotopic (exact) mass is 284 g/mol. The molecule has 1 aliphatic carbocycles. The van der Waals surface area contributed by atoms with Gasteiger partial charge in [0.15, 0.2) is 0 Å². The van der Waals surface area contributed by atoms with Crippen LogP contribution in [0.1, 0.15) is 25.7 Å². The average Bonchev–Trinajstić information content (AvgIpc) is 2.48. The molecule has 0 N–H and O–H groups in total. The molecule has 0 aromatic carbocycles. The summed E-state index contributed by atoms with van der Waals surface area (Å²) in [6.07, 6.45) is 7.85. The Morgan fingerprint density at radius 3 is 1.45 bits per heavy atom. The molecule has 1 aliphatic rings. The largest absolute Gasteiger partial charge is 0.499 e. The molecule has 0 heterocycles. The Labute approximate surface area is 122 Å². The average molecular weight is 284 g/mol. The molecular formula is C16H28O4. The minimum absolute atomic E-state index is 0.597. The molecule has 4 nitrogen and oxygen atoms in total. The zero-order chi connectivity index (χ0) is 14.5. The molecule has 0 radical (unpaired) electrons. The van der Waals surface area contributed by atoms with Gasteiger partial charge in [0.1, 0.15) is 13.2 Å². The van der Waals surface area contributed by atoms with E-state index in [1.54, 1.807) is 0 Å². The highest BCUT2D eigenvalue weighted by molar-refractivity contribution is 4.72. The Balaban J connectivity index is 1.94. The predicted octanol–water partition coefficient (Wildman–Crippen LogP) is 3.15. The summed E-state index contributed by atoms with van der Waals surface area (Å²) >= 11 is 0. The molecule has 1 rings (SSSR count). The summed E-state index contributed by atoms with van der Waals surface area (Å²) in [6.45, 7) is 11.2. The van der Waals surface area contributed by atoms with E-state index in [2.05, 4.69) is 13.2 Å². The van der Waals surface area contributed by atoms with Gasteiger partial charge in [-0.25, -0.2) is 0 Å². The van der Waals surface area contributed by atoms with E-state index in [9.17, 15) is 0 Å². The van der Waals surface area contributed by atoms with Crippen molar-refractivity contribution in [3.63, 3.8) is 0 Å². The van der Waals surface area contributed by atoms with Gasteiger partial charge in [0.05, 0.1) is 25.7 Å². The van der Waals surface area contributed by atoms with Gasteiger partial charge in [-0.15, -0.1) is 0 Å². The van der Waals surface area contributed by atoms with E-state index in [1.165, 1.54) is 38.2 Å². The normalized spacial score (nSPS) is 22.2. The van der Waals surface area contributed by atoms with Crippen LogP contribution in [0, 0.1) is 11.8 Å². The number of hydrogen-bond donors (Lipinski definition) is 0. The molecule has 1 saturated carbocycles. The molecule has 0 bridgehead atoms. The molecule has 20 heavy (non-hydrogen) atoms. The van der Waals surface area contributed by atoms with Crippen molar-refractivity contribution in [3.8, 4) is 0 Å². The van der Waals surface area contributed by atoms with Crippen LogP contribution >= 0.6 is 0 Å². The summed E-state index contributed by atoms with van der Waals surface area (Å²) in [5, 5.41) is 0. The van der Waals surface area contributed by atoms with E-state index in [-0.39, 0.29) is 0 Å². The second kappa shape index (κ2) is 11.8. The molecule has 0 aromatic heterocycles. The molecule has 0 saturated heterocycles. The predicted molar refractivity (Wildman–Crippen MR) is 79.4 cm³/mol. The molecule has 0 amide bonds. The molecule has 0 atom stereocenters. The van der Waals surface area contributed by atoms with Crippen LogP contribution in [-0.2, 0) is 18.9 Å². The van der Waals surface area contributed by atoms with Crippen molar-refractivity contribution in [2.45, 2.75) is 25.7 Å². The lowest BCUT2D eigenvalue weighted by molar-refractivity contribution is 0.0272. The minimum Gasteiger partial charge on any atom is -0.499 e. The second-order valence-electron chi connectivity index (χ2n) is 5.11. The van der Waals surface area contributed by atoms with Gasteiger partial charge in [0.25, 0.3) is 0 Å². The van der Waals surface area contributed by atoms with E-state index < -0.39 is 0 Å². The molecule has 4 heteroatoms. The fourth-order valence-corrected chi connectivity index (χ4v) is 2.45. The fourth-order valence-electron chi connectivity index (χ4n) is 2.45. The van der Waals surface area contributed by atoms with Crippen LogP contribution in [0.2, 0.25) is 0 Å². The Hall–Kier alpha value is -1.00. The lowest BCUT2D eigenvalue weighted by Gasteiger charge is -2.28. The highest BCUT2D eigenvalue weighted by atomic mass is 16.5. The van der Waals surface area contributed by atoms with Crippen molar-refractivity contribution in [1.82, 2.24) is 0 Å². The second-order valence-corrected chi connectivity index (χ2v) is 5.11. The first-order valence-corrected chi connectivity index (χ1v) is 7.47. The first-order chi connectivity index (χ1) is 9.86. The number of hydrogen-bond acceptors (Lipinski definition) is 4. The van der Waals surface area contributed by atoms with Crippen LogP contribution in [0.4, 0.5) is 0 Å². The zero-order valence-corrected chi connectivity index (χ0v) is 12.4. The summed E-state index contributed by atoms with van der Waals surface area (Å²) in [6, 6.07) is 0. The molecule has 0 unspecified atom stereocenters. The van der Waals surface area contributed by atoms with Crippen molar-refractivity contribution in [2.75, 3.05) is 39.6 Å². The molecule has 0 spiro atoms. The third kappa shape index (κ3) is 8.23. The van der Waals surface area contributed by atoms with Gasteiger partial charge >= 0.3 is 0 Å². The van der Waals surface area contributed by atoms with Crippen molar-refractivity contribution < 1.29 is 18.9 Å². The number of ether oxygens (including phenoxy) is 4. The smallest absolute Gasteiger partial charge is 0.111 e. The Morgan fingerprint density at radius 2 is 1.10 bits per heavy atom. The summed E-state index contributed by atoms with van der Waals surface area (Å²) in [5.74, 6) is 1.39. The maximum absolute atomic E-state index is 5.61. The van der Waals surface area contributed by atoms with E-state index in [0.717, 1.165) is 13.2 Å². The third-order valence-electron chi connectivity index (χ3n) is 3.60. The summed E-state index contributed by atoms with van der Waals surface area (Å²) in [7, 11) is 0. The molecular weight excluding hydrogens is 256 g/mol.